The molecular weight excluding hydrogens is 258 g/mol. The smallest absolute Gasteiger partial charge is 0.408 e. The number of amides is 1. The fraction of sp³-hybridized carbons (Fsp3) is 0.467. The van der Waals surface area contributed by atoms with Crippen LogP contribution in [0.2, 0.25) is 0 Å². The van der Waals surface area contributed by atoms with Gasteiger partial charge >= 0.3 is 12.1 Å². The zero-order valence-corrected chi connectivity index (χ0v) is 11.5. The SMILES string of the molecule is COC(=O)[C@H](CC1CC1)NC(=O)OCc1ccccc1. The van der Waals surface area contributed by atoms with E-state index in [0.717, 1.165) is 18.4 Å². The van der Waals surface area contributed by atoms with Gasteiger partial charge in [0.25, 0.3) is 0 Å². The molecule has 0 saturated heterocycles. The van der Waals surface area contributed by atoms with Crippen molar-refractivity contribution in [1.82, 2.24) is 5.32 Å². The maximum Gasteiger partial charge on any atom is 0.408 e. The Balaban J connectivity index is 1.79. The number of alkyl carbamates (subject to hydrolysis) is 1. The lowest BCUT2D eigenvalue weighted by Gasteiger charge is -2.16. The zero-order valence-electron chi connectivity index (χ0n) is 11.5. The maximum absolute atomic E-state index is 11.7. The molecule has 1 N–H and O–H groups in total. The Morgan fingerprint density at radius 2 is 2.00 bits per heavy atom. The molecule has 1 atom stereocenters. The fourth-order valence-corrected chi connectivity index (χ4v) is 1.95. The van der Waals surface area contributed by atoms with Gasteiger partial charge in [-0.1, -0.05) is 43.2 Å². The summed E-state index contributed by atoms with van der Waals surface area (Å²) in [7, 11) is 1.32. The van der Waals surface area contributed by atoms with Gasteiger partial charge in [0.15, 0.2) is 0 Å². The fourth-order valence-electron chi connectivity index (χ4n) is 1.95. The third-order valence-corrected chi connectivity index (χ3v) is 3.26. The molecule has 1 aliphatic rings. The van der Waals surface area contributed by atoms with Gasteiger partial charge in [-0.05, 0) is 17.9 Å². The normalized spacial score (nSPS) is 15.2. The number of rotatable bonds is 6. The van der Waals surface area contributed by atoms with Crippen LogP contribution in [-0.2, 0) is 20.9 Å². The van der Waals surface area contributed by atoms with E-state index < -0.39 is 18.1 Å². The minimum absolute atomic E-state index is 0.185. The summed E-state index contributed by atoms with van der Waals surface area (Å²) in [5.41, 5.74) is 0.902. The Morgan fingerprint density at radius 1 is 1.30 bits per heavy atom. The molecule has 0 heterocycles. The first kappa shape index (κ1) is 14.4. The van der Waals surface area contributed by atoms with E-state index >= 15 is 0 Å². The molecule has 0 spiro atoms. The quantitative estimate of drug-likeness (QED) is 0.810. The Labute approximate surface area is 118 Å². The molecule has 1 aromatic rings. The Hall–Kier alpha value is -2.04. The van der Waals surface area contributed by atoms with Crippen LogP contribution < -0.4 is 5.32 Å². The highest BCUT2D eigenvalue weighted by atomic mass is 16.6. The Kier molecular flexibility index (Phi) is 4.98. The monoisotopic (exact) mass is 277 g/mol. The average Bonchev–Trinajstić information content (AvgIpc) is 3.28. The van der Waals surface area contributed by atoms with E-state index in [1.165, 1.54) is 7.11 Å². The minimum Gasteiger partial charge on any atom is -0.467 e. The molecule has 1 saturated carbocycles. The largest absolute Gasteiger partial charge is 0.467 e. The molecule has 5 nitrogen and oxygen atoms in total. The van der Waals surface area contributed by atoms with Gasteiger partial charge in [0, 0.05) is 0 Å². The second-order valence-electron chi connectivity index (χ2n) is 4.96. The van der Waals surface area contributed by atoms with Gasteiger partial charge in [-0.25, -0.2) is 9.59 Å². The van der Waals surface area contributed by atoms with E-state index in [-0.39, 0.29) is 6.61 Å². The van der Waals surface area contributed by atoms with Crippen LogP contribution in [0.1, 0.15) is 24.8 Å². The summed E-state index contributed by atoms with van der Waals surface area (Å²) in [5.74, 6) is 0.0853. The maximum atomic E-state index is 11.7. The molecule has 0 aliphatic heterocycles. The molecule has 5 heteroatoms. The van der Waals surface area contributed by atoms with E-state index in [0.29, 0.717) is 12.3 Å². The van der Waals surface area contributed by atoms with Gasteiger partial charge in [0.05, 0.1) is 7.11 Å². The van der Waals surface area contributed by atoms with Crippen LogP contribution in [0.5, 0.6) is 0 Å². The summed E-state index contributed by atoms with van der Waals surface area (Å²) < 4.78 is 9.79. The third-order valence-electron chi connectivity index (χ3n) is 3.26. The number of benzene rings is 1. The number of hydrogen-bond donors (Lipinski definition) is 1. The molecule has 0 unspecified atom stereocenters. The minimum atomic E-state index is -0.615. The second-order valence-corrected chi connectivity index (χ2v) is 4.96. The molecule has 1 amide bonds. The zero-order chi connectivity index (χ0) is 14.4. The molecular formula is C15H19NO4. The molecule has 20 heavy (non-hydrogen) atoms. The number of ether oxygens (including phenoxy) is 2. The highest BCUT2D eigenvalue weighted by Crippen LogP contribution is 2.33. The highest BCUT2D eigenvalue weighted by Gasteiger charge is 2.31. The topological polar surface area (TPSA) is 64.6 Å². The predicted molar refractivity (Wildman–Crippen MR) is 72.9 cm³/mol. The standard InChI is InChI=1S/C15H19NO4/c1-19-14(17)13(9-11-7-8-11)16-15(18)20-10-12-5-3-2-4-6-12/h2-6,11,13H,7-10H2,1H3,(H,16,18)/t13-/m0/s1. The van der Waals surface area contributed by atoms with Gasteiger partial charge < -0.3 is 14.8 Å². The van der Waals surface area contributed by atoms with Crippen molar-refractivity contribution in [2.24, 2.45) is 5.92 Å². The number of hydrogen-bond acceptors (Lipinski definition) is 4. The highest BCUT2D eigenvalue weighted by molar-refractivity contribution is 5.81. The van der Waals surface area contributed by atoms with Crippen LogP contribution in [-0.4, -0.2) is 25.2 Å². The number of esters is 1. The molecule has 1 aromatic carbocycles. The van der Waals surface area contributed by atoms with Gasteiger partial charge in [-0.3, -0.25) is 0 Å². The van der Waals surface area contributed by atoms with Crippen molar-refractivity contribution in [1.29, 1.82) is 0 Å². The van der Waals surface area contributed by atoms with Crippen molar-refractivity contribution in [2.45, 2.75) is 31.9 Å². The van der Waals surface area contributed by atoms with Gasteiger partial charge in [-0.2, -0.15) is 0 Å². The lowest BCUT2D eigenvalue weighted by molar-refractivity contribution is -0.143. The summed E-state index contributed by atoms with van der Waals surface area (Å²) >= 11 is 0. The first-order chi connectivity index (χ1) is 9.69. The summed E-state index contributed by atoms with van der Waals surface area (Å²) in [6.45, 7) is 0.185. The van der Waals surface area contributed by atoms with Crippen molar-refractivity contribution >= 4 is 12.1 Å². The number of nitrogens with one attached hydrogen (secondary N) is 1. The summed E-state index contributed by atoms with van der Waals surface area (Å²) in [6.07, 6.45) is 2.24. The van der Waals surface area contributed by atoms with Crippen molar-refractivity contribution < 1.29 is 19.1 Å². The summed E-state index contributed by atoms with van der Waals surface area (Å²) in [5, 5.41) is 2.57. The van der Waals surface area contributed by atoms with E-state index in [1.54, 1.807) is 0 Å². The van der Waals surface area contributed by atoms with Crippen LogP contribution in [0, 0.1) is 5.92 Å². The molecule has 108 valence electrons. The third kappa shape index (κ3) is 4.57. The van der Waals surface area contributed by atoms with Crippen LogP contribution >= 0.6 is 0 Å². The van der Waals surface area contributed by atoms with Crippen LogP contribution in [0.15, 0.2) is 30.3 Å². The lowest BCUT2D eigenvalue weighted by Crippen LogP contribution is -2.42. The first-order valence-corrected chi connectivity index (χ1v) is 6.74. The number of carbonyl (C=O) groups is 2. The molecule has 1 fully saturated rings. The molecule has 2 rings (SSSR count). The van der Waals surface area contributed by atoms with Crippen LogP contribution in [0.25, 0.3) is 0 Å². The molecule has 1 aliphatic carbocycles. The molecule has 0 bridgehead atoms. The number of carbonyl (C=O) groups excluding carboxylic acids is 2. The van der Waals surface area contributed by atoms with Crippen LogP contribution in [0.3, 0.4) is 0 Å². The van der Waals surface area contributed by atoms with E-state index in [2.05, 4.69) is 5.32 Å². The second kappa shape index (κ2) is 6.93. The van der Waals surface area contributed by atoms with Gasteiger partial charge in [-0.15, -0.1) is 0 Å². The van der Waals surface area contributed by atoms with Crippen LogP contribution in [0.4, 0.5) is 4.79 Å². The summed E-state index contributed by atoms with van der Waals surface area (Å²) in [6, 6.07) is 8.77. The van der Waals surface area contributed by atoms with E-state index in [1.807, 2.05) is 30.3 Å². The average molecular weight is 277 g/mol. The Bertz CT molecular complexity index is 456. The summed E-state index contributed by atoms with van der Waals surface area (Å²) in [4.78, 5) is 23.3. The Morgan fingerprint density at radius 3 is 2.60 bits per heavy atom. The van der Waals surface area contributed by atoms with E-state index in [9.17, 15) is 9.59 Å². The van der Waals surface area contributed by atoms with Crippen molar-refractivity contribution in [2.75, 3.05) is 7.11 Å². The lowest BCUT2D eigenvalue weighted by atomic mass is 10.1. The first-order valence-electron chi connectivity index (χ1n) is 6.74. The van der Waals surface area contributed by atoms with Gasteiger partial charge in [0.1, 0.15) is 12.6 Å². The van der Waals surface area contributed by atoms with Crippen molar-refractivity contribution in [3.8, 4) is 0 Å². The van der Waals surface area contributed by atoms with Gasteiger partial charge in [0.2, 0.25) is 0 Å². The van der Waals surface area contributed by atoms with E-state index in [4.69, 9.17) is 9.47 Å². The number of methoxy groups -OCH3 is 1. The van der Waals surface area contributed by atoms with Crippen molar-refractivity contribution in [3.63, 3.8) is 0 Å². The molecule has 0 radical (unpaired) electrons. The van der Waals surface area contributed by atoms with Crippen molar-refractivity contribution in [3.05, 3.63) is 35.9 Å². The molecule has 0 aromatic heterocycles. The predicted octanol–water partition coefficient (Wildman–Crippen LogP) is 2.25.